The molecule has 1 aliphatic heterocycles. The average Bonchev–Trinajstić information content (AvgIpc) is 2.91. The predicted molar refractivity (Wildman–Crippen MR) is 157 cm³/mol. The summed E-state index contributed by atoms with van der Waals surface area (Å²) in [7, 11) is 3.62. The predicted octanol–water partition coefficient (Wildman–Crippen LogP) is 5.85. The number of aliphatic hydroxyl groups is 1. The van der Waals surface area contributed by atoms with Crippen molar-refractivity contribution in [2.24, 2.45) is 11.8 Å². The number of hydrogen-bond donors (Lipinski definition) is 3. The molecule has 0 bridgehead atoms. The van der Waals surface area contributed by atoms with E-state index in [0.717, 1.165) is 55.5 Å². The molecule has 1 heterocycles. The SMILES string of the molecule is CNCC(CC(C)C)NC(=O)N1CCCC(C(O)(CCCCOC)c2ccccc2Oc2cccc(C)c2)C1. The van der Waals surface area contributed by atoms with Crippen LogP contribution in [0.15, 0.2) is 48.5 Å². The van der Waals surface area contributed by atoms with E-state index in [4.69, 9.17) is 9.47 Å². The summed E-state index contributed by atoms with van der Waals surface area (Å²) in [6, 6.07) is 15.8. The molecule has 39 heavy (non-hydrogen) atoms. The van der Waals surface area contributed by atoms with Crippen LogP contribution in [0.2, 0.25) is 0 Å². The van der Waals surface area contributed by atoms with E-state index >= 15 is 0 Å². The van der Waals surface area contributed by atoms with Gasteiger partial charge >= 0.3 is 6.03 Å². The summed E-state index contributed by atoms with van der Waals surface area (Å²) >= 11 is 0. The van der Waals surface area contributed by atoms with Crippen molar-refractivity contribution in [2.45, 2.75) is 70.9 Å². The maximum Gasteiger partial charge on any atom is 0.317 e. The lowest BCUT2D eigenvalue weighted by atomic mass is 9.73. The molecular formula is C32H49N3O4. The summed E-state index contributed by atoms with van der Waals surface area (Å²) in [6.45, 7) is 8.96. The van der Waals surface area contributed by atoms with Crippen LogP contribution in [0, 0.1) is 18.8 Å². The standard InChI is InChI=1S/C32H49N3O4/c1-24(2)20-27(22-33-4)34-31(36)35-18-11-13-26(23-35)32(37,17-8-9-19-38-5)29-15-6-7-16-30(29)39-28-14-10-12-25(3)21-28/h6-7,10,12,14-16,21,24,26-27,33,37H,8-9,11,13,17-20,22-23H2,1-5H3,(H,34,36). The quantitative estimate of drug-likeness (QED) is 0.263. The van der Waals surface area contributed by atoms with Gasteiger partial charge in [0.25, 0.3) is 0 Å². The van der Waals surface area contributed by atoms with Gasteiger partial charge in [0.2, 0.25) is 0 Å². The van der Waals surface area contributed by atoms with Gasteiger partial charge in [-0.15, -0.1) is 0 Å². The number of likely N-dealkylation sites (tertiary alicyclic amines) is 1. The Balaban J connectivity index is 1.86. The van der Waals surface area contributed by atoms with Crippen LogP contribution >= 0.6 is 0 Å². The van der Waals surface area contributed by atoms with Crippen molar-refractivity contribution in [3.63, 3.8) is 0 Å². The molecule has 1 aliphatic rings. The van der Waals surface area contributed by atoms with Gasteiger partial charge in [0.15, 0.2) is 0 Å². The summed E-state index contributed by atoms with van der Waals surface area (Å²) < 4.78 is 11.6. The molecule has 2 amide bonds. The molecule has 3 rings (SSSR count). The first-order valence-corrected chi connectivity index (χ1v) is 14.5. The van der Waals surface area contributed by atoms with Crippen LogP contribution in [0.4, 0.5) is 4.79 Å². The van der Waals surface area contributed by atoms with E-state index in [1.165, 1.54) is 0 Å². The first-order chi connectivity index (χ1) is 18.8. The fourth-order valence-corrected chi connectivity index (χ4v) is 5.74. The van der Waals surface area contributed by atoms with Gasteiger partial charge in [-0.2, -0.15) is 0 Å². The van der Waals surface area contributed by atoms with E-state index in [-0.39, 0.29) is 18.0 Å². The number of ether oxygens (including phenoxy) is 2. The number of para-hydroxylation sites is 1. The lowest BCUT2D eigenvalue weighted by molar-refractivity contribution is -0.0575. The van der Waals surface area contributed by atoms with Gasteiger partial charge in [-0.25, -0.2) is 4.79 Å². The molecule has 1 saturated heterocycles. The fourth-order valence-electron chi connectivity index (χ4n) is 5.74. The third-order valence-electron chi connectivity index (χ3n) is 7.65. The highest BCUT2D eigenvalue weighted by atomic mass is 16.5. The average molecular weight is 540 g/mol. The van der Waals surface area contributed by atoms with Gasteiger partial charge in [0.05, 0.1) is 5.60 Å². The van der Waals surface area contributed by atoms with Crippen LogP contribution in [0.3, 0.4) is 0 Å². The Morgan fingerprint density at radius 1 is 1.18 bits per heavy atom. The Bertz CT molecular complexity index is 1030. The lowest BCUT2D eigenvalue weighted by Gasteiger charge is -2.43. The Kier molecular flexibility index (Phi) is 12.1. The van der Waals surface area contributed by atoms with Crippen LogP contribution in [0.25, 0.3) is 0 Å². The summed E-state index contributed by atoms with van der Waals surface area (Å²) in [5.41, 5.74) is 0.752. The van der Waals surface area contributed by atoms with Crippen LogP contribution < -0.4 is 15.4 Å². The number of benzene rings is 2. The van der Waals surface area contributed by atoms with Gasteiger partial charge < -0.3 is 30.1 Å². The molecule has 7 nitrogen and oxygen atoms in total. The molecule has 3 atom stereocenters. The molecule has 0 spiro atoms. The zero-order valence-corrected chi connectivity index (χ0v) is 24.5. The molecule has 0 saturated carbocycles. The van der Waals surface area contributed by atoms with Crippen LogP contribution in [0.1, 0.15) is 63.5 Å². The number of hydrogen-bond acceptors (Lipinski definition) is 5. The molecule has 2 aromatic rings. The largest absolute Gasteiger partial charge is 0.457 e. The molecule has 3 N–H and O–H groups in total. The summed E-state index contributed by atoms with van der Waals surface area (Å²) in [6.07, 6.45) is 4.84. The minimum Gasteiger partial charge on any atom is -0.457 e. The van der Waals surface area contributed by atoms with E-state index in [2.05, 4.69) is 24.5 Å². The molecule has 0 aliphatic carbocycles. The van der Waals surface area contributed by atoms with Crippen molar-refractivity contribution in [3.05, 3.63) is 59.7 Å². The summed E-state index contributed by atoms with van der Waals surface area (Å²) in [5.74, 6) is 1.77. The summed E-state index contributed by atoms with van der Waals surface area (Å²) in [4.78, 5) is 15.3. The molecule has 0 radical (unpaired) electrons. The maximum absolute atomic E-state index is 13.4. The van der Waals surface area contributed by atoms with Crippen LogP contribution in [-0.4, -0.2) is 62.5 Å². The number of amides is 2. The fraction of sp³-hybridized carbons (Fsp3) is 0.594. The first-order valence-electron chi connectivity index (χ1n) is 14.5. The molecule has 2 aromatic carbocycles. The highest BCUT2D eigenvalue weighted by Gasteiger charge is 2.43. The van der Waals surface area contributed by atoms with Crippen molar-refractivity contribution >= 4 is 6.03 Å². The number of methoxy groups -OCH3 is 1. The number of unbranched alkanes of at least 4 members (excludes halogenated alkanes) is 1. The number of rotatable bonds is 14. The number of carbonyl (C=O) groups is 1. The zero-order valence-electron chi connectivity index (χ0n) is 24.5. The third kappa shape index (κ3) is 8.95. The van der Waals surface area contributed by atoms with Crippen molar-refractivity contribution in [2.75, 3.05) is 40.4 Å². The minimum absolute atomic E-state index is 0.0494. The molecular weight excluding hydrogens is 490 g/mol. The topological polar surface area (TPSA) is 83.1 Å². The number of likely N-dealkylation sites (N-methyl/N-ethyl adjacent to an activating group) is 1. The minimum atomic E-state index is -1.14. The Hall–Kier alpha value is -2.61. The zero-order chi connectivity index (χ0) is 28.3. The Morgan fingerprint density at radius 2 is 1.97 bits per heavy atom. The molecule has 1 fully saturated rings. The molecule has 7 heteroatoms. The van der Waals surface area contributed by atoms with Crippen molar-refractivity contribution in [1.29, 1.82) is 0 Å². The Labute approximate surface area is 235 Å². The second-order valence-electron chi connectivity index (χ2n) is 11.4. The first kappa shape index (κ1) is 30.9. The lowest BCUT2D eigenvalue weighted by Crippen LogP contribution is -2.54. The highest BCUT2D eigenvalue weighted by Crippen LogP contribution is 2.44. The van der Waals surface area contributed by atoms with E-state index in [9.17, 15) is 9.90 Å². The molecule has 0 aromatic heterocycles. The maximum atomic E-state index is 13.4. The number of urea groups is 1. The van der Waals surface area contributed by atoms with Gasteiger partial charge in [-0.1, -0.05) is 44.2 Å². The van der Waals surface area contributed by atoms with Crippen molar-refractivity contribution in [3.8, 4) is 11.5 Å². The number of aryl methyl sites for hydroxylation is 1. The Morgan fingerprint density at radius 3 is 2.69 bits per heavy atom. The second-order valence-corrected chi connectivity index (χ2v) is 11.4. The number of piperidine rings is 1. The van der Waals surface area contributed by atoms with Crippen molar-refractivity contribution < 1.29 is 19.4 Å². The number of nitrogens with zero attached hydrogens (tertiary/aromatic N) is 1. The van der Waals surface area contributed by atoms with E-state index in [0.29, 0.717) is 37.8 Å². The molecule has 216 valence electrons. The number of nitrogens with one attached hydrogen (secondary N) is 2. The van der Waals surface area contributed by atoms with Crippen LogP contribution in [0.5, 0.6) is 11.5 Å². The smallest absolute Gasteiger partial charge is 0.317 e. The van der Waals surface area contributed by atoms with Crippen molar-refractivity contribution in [1.82, 2.24) is 15.5 Å². The van der Waals surface area contributed by atoms with E-state index < -0.39 is 5.60 Å². The summed E-state index contributed by atoms with van der Waals surface area (Å²) in [5, 5.41) is 19.0. The second kappa shape index (κ2) is 15.2. The van der Waals surface area contributed by atoms with Gasteiger partial charge in [0, 0.05) is 50.9 Å². The highest BCUT2D eigenvalue weighted by molar-refractivity contribution is 5.74. The molecule has 3 unspecified atom stereocenters. The van der Waals surface area contributed by atoms with Crippen LogP contribution in [-0.2, 0) is 10.3 Å². The van der Waals surface area contributed by atoms with Gasteiger partial charge in [-0.05, 0) is 82.2 Å². The number of carbonyl (C=O) groups excluding carboxylic acids is 1. The van der Waals surface area contributed by atoms with Gasteiger partial charge in [-0.3, -0.25) is 0 Å². The third-order valence-corrected chi connectivity index (χ3v) is 7.65. The normalized spacial score (nSPS) is 18.0. The van der Waals surface area contributed by atoms with Gasteiger partial charge in [0.1, 0.15) is 11.5 Å². The monoisotopic (exact) mass is 539 g/mol. The van der Waals surface area contributed by atoms with E-state index in [1.54, 1.807) is 7.11 Å². The van der Waals surface area contributed by atoms with E-state index in [1.807, 2.05) is 67.4 Å².